The summed E-state index contributed by atoms with van der Waals surface area (Å²) < 4.78 is 0. The van der Waals surface area contributed by atoms with Crippen molar-refractivity contribution in [1.29, 1.82) is 0 Å². The first-order chi connectivity index (χ1) is 7.66. The summed E-state index contributed by atoms with van der Waals surface area (Å²) in [6.07, 6.45) is 0.299. The van der Waals surface area contributed by atoms with Crippen molar-refractivity contribution >= 4 is 16.7 Å². The topological polar surface area (TPSA) is 66.2 Å². The molecule has 0 spiro atoms. The van der Waals surface area contributed by atoms with Gasteiger partial charge in [-0.2, -0.15) is 0 Å². The standard InChI is InChI=1S/C13H13NO2.Na/c14-12(13(15)16)8-9-5-6-10-3-1-2-4-11(10)7-9;/h1-7,12H,8,14H2,(H,15,16);/q;+1/p-1/t12-;/m0./s1. The number of aliphatic carboxylic acids is 1. The second kappa shape index (κ2) is 6.17. The maximum atomic E-state index is 10.5. The third-order valence-corrected chi connectivity index (χ3v) is 2.57. The molecule has 2 aromatic rings. The van der Waals surface area contributed by atoms with E-state index in [-0.39, 0.29) is 29.6 Å². The maximum Gasteiger partial charge on any atom is 1.00 e. The molecule has 0 saturated carbocycles. The Morgan fingerprint density at radius 3 is 2.47 bits per heavy atom. The smallest absolute Gasteiger partial charge is 0.548 e. The number of carbonyl (C=O) groups excluding carboxylic acids is 1. The quantitative estimate of drug-likeness (QED) is 0.598. The van der Waals surface area contributed by atoms with E-state index in [0.29, 0.717) is 6.42 Å². The third kappa shape index (κ3) is 3.54. The van der Waals surface area contributed by atoms with Crippen LogP contribution in [0.2, 0.25) is 0 Å². The van der Waals surface area contributed by atoms with E-state index in [1.807, 2.05) is 42.5 Å². The Morgan fingerprint density at radius 1 is 1.18 bits per heavy atom. The van der Waals surface area contributed by atoms with Crippen LogP contribution in [-0.4, -0.2) is 12.0 Å². The normalized spacial score (nSPS) is 11.8. The van der Waals surface area contributed by atoms with Gasteiger partial charge in [-0.25, -0.2) is 0 Å². The number of hydrogen-bond donors (Lipinski definition) is 1. The van der Waals surface area contributed by atoms with Crippen LogP contribution in [0.3, 0.4) is 0 Å². The molecule has 0 saturated heterocycles. The molecule has 0 amide bonds. The monoisotopic (exact) mass is 237 g/mol. The van der Waals surface area contributed by atoms with Crippen molar-refractivity contribution in [2.45, 2.75) is 12.5 Å². The molecule has 0 fully saturated rings. The van der Waals surface area contributed by atoms with E-state index in [9.17, 15) is 9.90 Å². The number of carboxylic acids is 1. The summed E-state index contributed by atoms with van der Waals surface area (Å²) in [5.41, 5.74) is 6.34. The molecule has 82 valence electrons. The molecule has 4 heteroatoms. The van der Waals surface area contributed by atoms with Crippen LogP contribution in [0.25, 0.3) is 10.8 Å². The summed E-state index contributed by atoms with van der Waals surface area (Å²) in [6, 6.07) is 12.8. The molecule has 0 aliphatic carbocycles. The third-order valence-electron chi connectivity index (χ3n) is 2.57. The average Bonchev–Trinajstić information content (AvgIpc) is 2.28. The Balaban J connectivity index is 0.00000144. The molecule has 0 bridgehead atoms. The van der Waals surface area contributed by atoms with Gasteiger partial charge in [-0.15, -0.1) is 0 Å². The van der Waals surface area contributed by atoms with Gasteiger partial charge in [0.05, 0.1) is 5.97 Å². The van der Waals surface area contributed by atoms with Crippen LogP contribution in [0, 0.1) is 0 Å². The van der Waals surface area contributed by atoms with Crippen molar-refractivity contribution in [3.63, 3.8) is 0 Å². The van der Waals surface area contributed by atoms with Crippen molar-refractivity contribution in [1.82, 2.24) is 0 Å². The Morgan fingerprint density at radius 2 is 1.82 bits per heavy atom. The minimum absolute atomic E-state index is 0. The van der Waals surface area contributed by atoms with E-state index in [1.165, 1.54) is 0 Å². The zero-order chi connectivity index (χ0) is 11.5. The van der Waals surface area contributed by atoms with Crippen LogP contribution in [0.15, 0.2) is 42.5 Å². The fourth-order valence-electron chi connectivity index (χ4n) is 1.70. The molecule has 0 radical (unpaired) electrons. The van der Waals surface area contributed by atoms with Gasteiger partial charge in [-0.1, -0.05) is 42.5 Å². The first-order valence-corrected chi connectivity index (χ1v) is 5.11. The Kier molecular flexibility index (Phi) is 5.15. The summed E-state index contributed by atoms with van der Waals surface area (Å²) in [7, 11) is 0. The molecule has 1 atom stereocenters. The Hall–Kier alpha value is -0.870. The molecule has 0 unspecified atom stereocenters. The van der Waals surface area contributed by atoms with Crippen molar-refractivity contribution in [2.75, 3.05) is 0 Å². The van der Waals surface area contributed by atoms with Crippen LogP contribution in [0.5, 0.6) is 0 Å². The molecule has 2 N–H and O–H groups in total. The number of benzene rings is 2. The summed E-state index contributed by atoms with van der Waals surface area (Å²) in [4.78, 5) is 10.5. The summed E-state index contributed by atoms with van der Waals surface area (Å²) in [5.74, 6) is -1.21. The first-order valence-electron chi connectivity index (χ1n) is 5.11. The van der Waals surface area contributed by atoms with Crippen molar-refractivity contribution < 1.29 is 39.5 Å². The zero-order valence-electron chi connectivity index (χ0n) is 9.72. The number of nitrogens with two attached hydrogens (primary N) is 1. The SMILES string of the molecule is N[C@@H](Cc1ccc2ccccc2c1)C(=O)[O-].[Na+]. The minimum Gasteiger partial charge on any atom is -0.548 e. The largest absolute Gasteiger partial charge is 1.00 e. The molecule has 2 rings (SSSR count). The average molecular weight is 237 g/mol. The number of hydrogen-bond acceptors (Lipinski definition) is 3. The molecular formula is C13H12NNaO2. The Labute approximate surface area is 122 Å². The minimum atomic E-state index is -1.21. The summed E-state index contributed by atoms with van der Waals surface area (Å²) in [6.45, 7) is 0. The number of fused-ring (bicyclic) bond motifs is 1. The summed E-state index contributed by atoms with van der Waals surface area (Å²) >= 11 is 0. The van der Waals surface area contributed by atoms with Gasteiger partial charge in [0, 0.05) is 6.04 Å². The van der Waals surface area contributed by atoms with Gasteiger partial charge in [-0.3, -0.25) is 0 Å². The van der Waals surface area contributed by atoms with Gasteiger partial charge in [0.1, 0.15) is 0 Å². The van der Waals surface area contributed by atoms with Crippen molar-refractivity contribution in [2.24, 2.45) is 5.73 Å². The molecule has 17 heavy (non-hydrogen) atoms. The maximum absolute atomic E-state index is 10.5. The molecule has 0 aliphatic rings. The van der Waals surface area contributed by atoms with Crippen LogP contribution in [0.1, 0.15) is 5.56 Å². The Bertz CT molecular complexity index is 528. The predicted molar refractivity (Wildman–Crippen MR) is 60.6 cm³/mol. The van der Waals surface area contributed by atoms with Crippen LogP contribution < -0.4 is 40.4 Å². The van der Waals surface area contributed by atoms with E-state index in [1.54, 1.807) is 0 Å². The van der Waals surface area contributed by atoms with Crippen LogP contribution in [-0.2, 0) is 11.2 Å². The fraction of sp³-hybridized carbons (Fsp3) is 0.154. The van der Waals surface area contributed by atoms with E-state index in [0.717, 1.165) is 16.3 Å². The predicted octanol–water partition coefficient (Wildman–Crippen LogP) is -2.54. The zero-order valence-corrected chi connectivity index (χ0v) is 11.7. The molecule has 0 aliphatic heterocycles. The van der Waals surface area contributed by atoms with Gasteiger partial charge in [-0.05, 0) is 22.8 Å². The molecule has 0 aromatic heterocycles. The second-order valence-electron chi connectivity index (χ2n) is 3.81. The number of carboxylic acid groups (broad SMARTS) is 1. The van der Waals surface area contributed by atoms with Gasteiger partial charge < -0.3 is 15.6 Å². The van der Waals surface area contributed by atoms with Gasteiger partial charge in [0.25, 0.3) is 0 Å². The van der Waals surface area contributed by atoms with Gasteiger partial charge in [0.15, 0.2) is 0 Å². The number of rotatable bonds is 3. The van der Waals surface area contributed by atoms with Crippen LogP contribution in [0.4, 0.5) is 0 Å². The second-order valence-corrected chi connectivity index (χ2v) is 3.81. The van der Waals surface area contributed by atoms with Gasteiger partial charge in [0.2, 0.25) is 0 Å². The fourth-order valence-corrected chi connectivity index (χ4v) is 1.70. The van der Waals surface area contributed by atoms with E-state index in [2.05, 4.69) is 0 Å². The molecule has 3 nitrogen and oxygen atoms in total. The summed E-state index contributed by atoms with van der Waals surface area (Å²) in [5, 5.41) is 12.8. The van der Waals surface area contributed by atoms with Gasteiger partial charge >= 0.3 is 29.6 Å². The number of carbonyl (C=O) groups is 1. The molecule has 2 aromatic carbocycles. The van der Waals surface area contributed by atoms with E-state index in [4.69, 9.17) is 5.73 Å². The van der Waals surface area contributed by atoms with E-state index < -0.39 is 12.0 Å². The van der Waals surface area contributed by atoms with Crippen LogP contribution >= 0.6 is 0 Å². The molecular weight excluding hydrogens is 225 g/mol. The molecule has 0 heterocycles. The van der Waals surface area contributed by atoms with Crippen molar-refractivity contribution in [3.05, 3.63) is 48.0 Å². The van der Waals surface area contributed by atoms with E-state index >= 15 is 0 Å². The first kappa shape index (κ1) is 14.2. The van der Waals surface area contributed by atoms with Crippen molar-refractivity contribution in [3.8, 4) is 0 Å².